The minimum Gasteiger partial charge on any atom is -0.361 e. The molecule has 0 aliphatic heterocycles. The van der Waals surface area contributed by atoms with Gasteiger partial charge in [0.2, 0.25) is 0 Å². The van der Waals surface area contributed by atoms with Crippen LogP contribution in [-0.4, -0.2) is 24.9 Å². The molecule has 23 heavy (non-hydrogen) atoms. The van der Waals surface area contributed by atoms with E-state index in [4.69, 9.17) is 14.6 Å². The number of pyridine rings is 1. The molecular weight excluding hydrogens is 290 g/mol. The lowest BCUT2D eigenvalue weighted by molar-refractivity contribution is 0.392. The topological polar surface area (TPSA) is 69.6 Å². The van der Waals surface area contributed by atoms with E-state index in [2.05, 4.69) is 17.1 Å². The summed E-state index contributed by atoms with van der Waals surface area (Å²) in [7, 11) is 0. The Kier molecular flexibility index (Phi) is 3.25. The van der Waals surface area contributed by atoms with E-state index in [0.29, 0.717) is 12.3 Å². The van der Waals surface area contributed by atoms with Crippen molar-refractivity contribution in [3.63, 3.8) is 0 Å². The SMILES string of the molecule is Cc1ccnc(-n2nc(C3CC3)nc2Cc2c(C)noc2C)c1. The van der Waals surface area contributed by atoms with Gasteiger partial charge in [0.15, 0.2) is 11.6 Å². The lowest BCUT2D eigenvalue weighted by Gasteiger charge is -2.05. The molecule has 0 bridgehead atoms. The van der Waals surface area contributed by atoms with Gasteiger partial charge in [0.25, 0.3) is 0 Å². The third-order valence-electron chi connectivity index (χ3n) is 4.27. The van der Waals surface area contributed by atoms with Gasteiger partial charge in [-0.25, -0.2) is 9.97 Å². The van der Waals surface area contributed by atoms with Gasteiger partial charge in [-0.1, -0.05) is 5.16 Å². The molecule has 3 aromatic rings. The molecule has 0 N–H and O–H groups in total. The van der Waals surface area contributed by atoms with Crippen LogP contribution in [0.15, 0.2) is 22.9 Å². The molecule has 6 nitrogen and oxygen atoms in total. The summed E-state index contributed by atoms with van der Waals surface area (Å²) < 4.78 is 7.14. The molecule has 0 unspecified atom stereocenters. The Labute approximate surface area is 134 Å². The van der Waals surface area contributed by atoms with Crippen LogP contribution in [-0.2, 0) is 6.42 Å². The second-order valence-electron chi connectivity index (χ2n) is 6.24. The monoisotopic (exact) mass is 309 g/mol. The van der Waals surface area contributed by atoms with E-state index in [0.717, 1.165) is 40.0 Å². The zero-order chi connectivity index (χ0) is 16.0. The second-order valence-corrected chi connectivity index (χ2v) is 6.24. The van der Waals surface area contributed by atoms with Crippen molar-refractivity contribution in [2.24, 2.45) is 0 Å². The van der Waals surface area contributed by atoms with Crippen molar-refractivity contribution in [1.82, 2.24) is 24.9 Å². The van der Waals surface area contributed by atoms with Gasteiger partial charge in [-0.15, -0.1) is 5.10 Å². The molecule has 6 heteroatoms. The first kappa shape index (κ1) is 14.1. The molecule has 0 spiro atoms. The predicted octanol–water partition coefficient (Wildman–Crippen LogP) is 3.04. The molecule has 0 atom stereocenters. The van der Waals surface area contributed by atoms with Gasteiger partial charge in [0.05, 0.1) is 5.69 Å². The van der Waals surface area contributed by atoms with Crippen LogP contribution >= 0.6 is 0 Å². The van der Waals surface area contributed by atoms with Gasteiger partial charge in [-0.05, 0) is 51.3 Å². The zero-order valence-corrected chi connectivity index (χ0v) is 13.6. The summed E-state index contributed by atoms with van der Waals surface area (Å²) in [6.07, 6.45) is 4.81. The number of aryl methyl sites for hydroxylation is 3. The van der Waals surface area contributed by atoms with Crippen LogP contribution in [0.2, 0.25) is 0 Å². The number of hydrogen-bond donors (Lipinski definition) is 0. The quantitative estimate of drug-likeness (QED) is 0.741. The Morgan fingerprint density at radius 3 is 2.74 bits per heavy atom. The third kappa shape index (κ3) is 2.65. The fourth-order valence-electron chi connectivity index (χ4n) is 2.72. The highest BCUT2D eigenvalue weighted by atomic mass is 16.5. The lowest BCUT2D eigenvalue weighted by atomic mass is 10.1. The normalized spacial score (nSPS) is 14.4. The van der Waals surface area contributed by atoms with Crippen molar-refractivity contribution < 1.29 is 4.52 Å². The van der Waals surface area contributed by atoms with Gasteiger partial charge in [0, 0.05) is 24.1 Å². The van der Waals surface area contributed by atoms with Crippen molar-refractivity contribution >= 4 is 0 Å². The maximum atomic E-state index is 5.28. The summed E-state index contributed by atoms with van der Waals surface area (Å²) >= 11 is 0. The molecule has 1 aliphatic carbocycles. The van der Waals surface area contributed by atoms with Gasteiger partial charge in [-0.3, -0.25) is 0 Å². The average Bonchev–Trinajstić information content (AvgIpc) is 3.23. The van der Waals surface area contributed by atoms with Crippen molar-refractivity contribution in [1.29, 1.82) is 0 Å². The summed E-state index contributed by atoms with van der Waals surface area (Å²) in [5.74, 6) is 3.97. The highest BCUT2D eigenvalue weighted by Gasteiger charge is 2.29. The molecular formula is C17H19N5O. The molecule has 4 rings (SSSR count). The first-order valence-electron chi connectivity index (χ1n) is 7.92. The minimum atomic E-state index is 0.504. The summed E-state index contributed by atoms with van der Waals surface area (Å²) in [6.45, 7) is 5.94. The molecule has 3 aromatic heterocycles. The molecule has 0 saturated heterocycles. The summed E-state index contributed by atoms with van der Waals surface area (Å²) in [5.41, 5.74) is 3.14. The molecule has 0 aromatic carbocycles. The van der Waals surface area contributed by atoms with Crippen LogP contribution in [0.3, 0.4) is 0 Å². The Balaban J connectivity index is 1.78. The Morgan fingerprint density at radius 2 is 2.09 bits per heavy atom. The lowest BCUT2D eigenvalue weighted by Crippen LogP contribution is -2.07. The zero-order valence-electron chi connectivity index (χ0n) is 13.6. The van der Waals surface area contributed by atoms with Crippen molar-refractivity contribution in [2.45, 2.75) is 46.0 Å². The smallest absolute Gasteiger partial charge is 0.155 e. The second kappa shape index (κ2) is 5.30. The highest BCUT2D eigenvalue weighted by molar-refractivity contribution is 5.31. The minimum absolute atomic E-state index is 0.504. The Hall–Kier alpha value is -2.50. The van der Waals surface area contributed by atoms with E-state index >= 15 is 0 Å². The fraction of sp³-hybridized carbons (Fsp3) is 0.412. The van der Waals surface area contributed by atoms with Gasteiger partial charge >= 0.3 is 0 Å². The van der Waals surface area contributed by atoms with E-state index in [9.17, 15) is 0 Å². The maximum Gasteiger partial charge on any atom is 0.155 e. The standard InChI is InChI=1S/C17H19N5O/c1-10-6-7-18-15(8-10)22-16(19-17(20-22)13-4-5-13)9-14-11(2)21-23-12(14)3/h6-8,13H,4-5,9H2,1-3H3. The van der Waals surface area contributed by atoms with Crippen LogP contribution in [0.5, 0.6) is 0 Å². The molecule has 1 aliphatic rings. The summed E-state index contributed by atoms with van der Waals surface area (Å²) in [5, 5.41) is 8.75. The van der Waals surface area contributed by atoms with Crippen LogP contribution in [0.25, 0.3) is 5.82 Å². The molecule has 1 saturated carbocycles. The fourth-order valence-corrected chi connectivity index (χ4v) is 2.72. The summed E-state index contributed by atoms with van der Waals surface area (Å²) in [6, 6.07) is 4.01. The first-order chi connectivity index (χ1) is 11.1. The number of hydrogen-bond acceptors (Lipinski definition) is 5. The maximum absolute atomic E-state index is 5.28. The number of aromatic nitrogens is 5. The molecule has 3 heterocycles. The molecule has 0 amide bonds. The average molecular weight is 309 g/mol. The Morgan fingerprint density at radius 1 is 1.26 bits per heavy atom. The first-order valence-corrected chi connectivity index (χ1v) is 7.92. The van der Waals surface area contributed by atoms with Gasteiger partial charge in [-0.2, -0.15) is 4.68 Å². The van der Waals surface area contributed by atoms with Crippen LogP contribution in [0.1, 0.15) is 53.0 Å². The van der Waals surface area contributed by atoms with Gasteiger partial charge in [0.1, 0.15) is 11.6 Å². The van der Waals surface area contributed by atoms with E-state index in [1.54, 1.807) is 0 Å². The highest BCUT2D eigenvalue weighted by Crippen LogP contribution is 2.38. The molecule has 1 fully saturated rings. The van der Waals surface area contributed by atoms with Crippen molar-refractivity contribution in [3.8, 4) is 5.82 Å². The Bertz CT molecular complexity index is 840. The van der Waals surface area contributed by atoms with Gasteiger partial charge < -0.3 is 4.52 Å². The number of rotatable bonds is 4. The van der Waals surface area contributed by atoms with Crippen molar-refractivity contribution in [2.75, 3.05) is 0 Å². The van der Waals surface area contributed by atoms with Crippen molar-refractivity contribution in [3.05, 3.63) is 52.6 Å². The molecule has 0 radical (unpaired) electrons. The predicted molar refractivity (Wildman–Crippen MR) is 84.6 cm³/mol. The van der Waals surface area contributed by atoms with E-state index in [1.165, 1.54) is 12.8 Å². The van der Waals surface area contributed by atoms with Crippen LogP contribution in [0, 0.1) is 20.8 Å². The van der Waals surface area contributed by atoms with E-state index < -0.39 is 0 Å². The largest absolute Gasteiger partial charge is 0.361 e. The van der Waals surface area contributed by atoms with Crippen LogP contribution in [0.4, 0.5) is 0 Å². The third-order valence-corrected chi connectivity index (χ3v) is 4.27. The van der Waals surface area contributed by atoms with E-state index in [1.807, 2.05) is 36.9 Å². The van der Waals surface area contributed by atoms with E-state index in [-0.39, 0.29) is 0 Å². The number of nitrogens with zero attached hydrogens (tertiary/aromatic N) is 5. The van der Waals surface area contributed by atoms with Crippen LogP contribution < -0.4 is 0 Å². The molecule has 118 valence electrons. The summed E-state index contributed by atoms with van der Waals surface area (Å²) in [4.78, 5) is 9.24.